The van der Waals surface area contributed by atoms with Gasteiger partial charge in [-0.25, -0.2) is 4.39 Å². The second kappa shape index (κ2) is 18.3. The summed E-state index contributed by atoms with van der Waals surface area (Å²) in [4.78, 5) is 15.4. The lowest BCUT2D eigenvalue weighted by Gasteiger charge is -2.14. The molecule has 3 aromatic carbocycles. The summed E-state index contributed by atoms with van der Waals surface area (Å²) in [6.07, 6.45) is 6.93. The van der Waals surface area contributed by atoms with E-state index in [1.54, 1.807) is 48.2 Å². The van der Waals surface area contributed by atoms with E-state index in [0.29, 0.717) is 23.4 Å². The Morgan fingerprint density at radius 1 is 0.974 bits per heavy atom. The highest BCUT2D eigenvalue weighted by atomic mass is 32.2. The number of para-hydroxylation sites is 1. The van der Waals surface area contributed by atoms with E-state index in [1.165, 1.54) is 43.3 Å². The standard InChI is InChI=1S/C14H14FNS.C14H21N3O.C3H8/c1-17-14-9-5-4-8-13(14)16-10-11-6-2-3-7-12(11)15;15-13-6-4-12(5-7-13)14(18)16-8-3-11-17-9-1-2-10-17;1-3-2/h2-9,16H,10H2,1H3;4-7H,1-3,8-11,15H2,(H,16,18);3H2,1-2H3. The van der Waals surface area contributed by atoms with E-state index >= 15 is 0 Å². The van der Waals surface area contributed by atoms with Gasteiger partial charge in [-0.2, -0.15) is 0 Å². The van der Waals surface area contributed by atoms with Crippen molar-refractivity contribution < 1.29 is 9.18 Å². The SMILES string of the molecule is CCC.CSc1ccccc1NCc1ccccc1F.Nc1ccc(C(=O)NCCCN2CCCC2)cc1. The Bertz CT molecular complexity index is 1070. The first-order valence-corrected chi connectivity index (χ1v) is 14.7. The number of nitrogens with two attached hydrogens (primary N) is 1. The summed E-state index contributed by atoms with van der Waals surface area (Å²) in [7, 11) is 0. The molecular formula is C31H43FN4OS. The van der Waals surface area contributed by atoms with Crippen LogP contribution in [0.25, 0.3) is 0 Å². The molecular weight excluding hydrogens is 495 g/mol. The van der Waals surface area contributed by atoms with Crippen LogP contribution in [0.4, 0.5) is 15.8 Å². The summed E-state index contributed by atoms with van der Waals surface area (Å²) >= 11 is 1.68. The number of nitrogens with one attached hydrogen (secondary N) is 2. The van der Waals surface area contributed by atoms with E-state index in [2.05, 4.69) is 29.4 Å². The number of hydrogen-bond acceptors (Lipinski definition) is 5. The summed E-state index contributed by atoms with van der Waals surface area (Å²) in [5, 5.41) is 6.20. The first-order valence-electron chi connectivity index (χ1n) is 13.4. The molecule has 4 N–H and O–H groups in total. The maximum absolute atomic E-state index is 13.4. The highest BCUT2D eigenvalue weighted by Crippen LogP contribution is 2.25. The first-order chi connectivity index (χ1) is 18.5. The Kier molecular flexibility index (Phi) is 15.0. The fraction of sp³-hybridized carbons (Fsp3) is 0.387. The van der Waals surface area contributed by atoms with Gasteiger partial charge < -0.3 is 21.3 Å². The van der Waals surface area contributed by atoms with Gasteiger partial charge in [0.05, 0.1) is 0 Å². The molecule has 1 fully saturated rings. The lowest BCUT2D eigenvalue weighted by Crippen LogP contribution is -2.28. The van der Waals surface area contributed by atoms with Crippen molar-refractivity contribution in [3.63, 3.8) is 0 Å². The van der Waals surface area contributed by atoms with E-state index in [9.17, 15) is 9.18 Å². The van der Waals surface area contributed by atoms with Crippen molar-refractivity contribution in [2.75, 3.05) is 43.5 Å². The van der Waals surface area contributed by atoms with Gasteiger partial charge >= 0.3 is 0 Å². The van der Waals surface area contributed by atoms with Crippen LogP contribution in [0.5, 0.6) is 0 Å². The Labute approximate surface area is 232 Å². The molecule has 0 spiro atoms. The summed E-state index contributed by atoms with van der Waals surface area (Å²) in [5.74, 6) is -0.182. The number of hydrogen-bond donors (Lipinski definition) is 3. The van der Waals surface area contributed by atoms with Crippen molar-refractivity contribution in [1.82, 2.24) is 10.2 Å². The third kappa shape index (κ3) is 11.6. The Morgan fingerprint density at radius 2 is 1.61 bits per heavy atom. The minimum Gasteiger partial charge on any atom is -0.399 e. The summed E-state index contributed by atoms with van der Waals surface area (Å²) < 4.78 is 13.4. The van der Waals surface area contributed by atoms with Crippen molar-refractivity contribution in [2.24, 2.45) is 0 Å². The van der Waals surface area contributed by atoms with Gasteiger partial charge in [0.2, 0.25) is 0 Å². The second-order valence-corrected chi connectivity index (χ2v) is 9.98. The van der Waals surface area contributed by atoms with Crippen LogP contribution >= 0.6 is 11.8 Å². The van der Waals surface area contributed by atoms with Gasteiger partial charge in [-0.15, -0.1) is 11.8 Å². The molecule has 0 radical (unpaired) electrons. The third-order valence-corrected chi connectivity index (χ3v) is 6.64. The van der Waals surface area contributed by atoms with E-state index < -0.39 is 0 Å². The summed E-state index contributed by atoms with van der Waals surface area (Å²) in [6.45, 7) is 9.00. The minimum atomic E-state index is -0.165. The zero-order chi connectivity index (χ0) is 27.6. The minimum absolute atomic E-state index is 0.0172. The lowest BCUT2D eigenvalue weighted by atomic mass is 10.2. The molecule has 4 rings (SSSR count). The molecule has 1 aliphatic heterocycles. The van der Waals surface area contributed by atoms with Crippen LogP contribution < -0.4 is 16.4 Å². The van der Waals surface area contributed by atoms with E-state index in [-0.39, 0.29) is 11.7 Å². The molecule has 3 aromatic rings. The number of carbonyl (C=O) groups is 1. The highest BCUT2D eigenvalue weighted by molar-refractivity contribution is 7.98. The molecule has 5 nitrogen and oxygen atoms in total. The molecule has 7 heteroatoms. The normalized spacial score (nSPS) is 12.5. The van der Waals surface area contributed by atoms with Gasteiger partial charge in [-0.05, 0) is 87.6 Å². The van der Waals surface area contributed by atoms with Crippen LogP contribution in [0.1, 0.15) is 55.5 Å². The van der Waals surface area contributed by atoms with Gasteiger partial charge in [0.1, 0.15) is 5.82 Å². The van der Waals surface area contributed by atoms with Crippen LogP contribution in [0, 0.1) is 5.82 Å². The third-order valence-electron chi connectivity index (χ3n) is 5.84. The monoisotopic (exact) mass is 538 g/mol. The van der Waals surface area contributed by atoms with Gasteiger partial charge in [0, 0.05) is 40.5 Å². The highest BCUT2D eigenvalue weighted by Gasteiger charge is 2.11. The molecule has 1 saturated heterocycles. The van der Waals surface area contributed by atoms with Crippen molar-refractivity contribution >= 4 is 29.0 Å². The van der Waals surface area contributed by atoms with Crippen molar-refractivity contribution in [2.45, 2.75) is 51.0 Å². The molecule has 0 saturated carbocycles. The van der Waals surface area contributed by atoms with Gasteiger partial charge in [0.15, 0.2) is 0 Å². The molecule has 1 aliphatic rings. The number of thioether (sulfide) groups is 1. The van der Waals surface area contributed by atoms with E-state index in [4.69, 9.17) is 5.73 Å². The molecule has 1 amide bonds. The molecule has 0 aliphatic carbocycles. The lowest BCUT2D eigenvalue weighted by molar-refractivity contribution is 0.0952. The number of nitrogens with zero attached hydrogens (tertiary/aromatic N) is 1. The van der Waals surface area contributed by atoms with Gasteiger partial charge in [-0.3, -0.25) is 4.79 Å². The molecule has 1 heterocycles. The number of carbonyl (C=O) groups excluding carboxylic acids is 1. The average molecular weight is 539 g/mol. The maximum Gasteiger partial charge on any atom is 0.251 e. The quantitative estimate of drug-likeness (QED) is 0.155. The zero-order valence-electron chi connectivity index (χ0n) is 23.0. The number of rotatable bonds is 9. The first kappa shape index (κ1) is 31.2. The zero-order valence-corrected chi connectivity index (χ0v) is 23.8. The fourth-order valence-electron chi connectivity index (χ4n) is 3.87. The smallest absolute Gasteiger partial charge is 0.251 e. The Hall–Kier alpha value is -3.03. The topological polar surface area (TPSA) is 70.4 Å². The Morgan fingerprint density at radius 3 is 2.26 bits per heavy atom. The van der Waals surface area contributed by atoms with E-state index in [1.807, 2.05) is 36.6 Å². The van der Waals surface area contributed by atoms with Crippen LogP contribution in [0.3, 0.4) is 0 Å². The van der Waals surface area contributed by atoms with Crippen LogP contribution in [-0.2, 0) is 6.54 Å². The van der Waals surface area contributed by atoms with E-state index in [0.717, 1.165) is 25.2 Å². The van der Waals surface area contributed by atoms with Crippen LogP contribution in [0.15, 0.2) is 77.7 Å². The number of likely N-dealkylation sites (tertiary alicyclic amines) is 1. The predicted octanol–water partition coefficient (Wildman–Crippen LogP) is 7.06. The fourth-order valence-corrected chi connectivity index (χ4v) is 4.45. The summed E-state index contributed by atoms with van der Waals surface area (Å²) in [6, 6.07) is 21.9. The predicted molar refractivity (Wildman–Crippen MR) is 161 cm³/mol. The van der Waals surface area contributed by atoms with Crippen LogP contribution in [0.2, 0.25) is 0 Å². The number of nitrogen functional groups attached to an aromatic ring is 1. The van der Waals surface area contributed by atoms with Crippen LogP contribution in [-0.4, -0.2) is 43.2 Å². The van der Waals surface area contributed by atoms with Crippen molar-refractivity contribution in [3.05, 3.63) is 89.7 Å². The molecule has 206 valence electrons. The molecule has 0 bridgehead atoms. The average Bonchev–Trinajstić information content (AvgIpc) is 3.46. The second-order valence-electron chi connectivity index (χ2n) is 9.13. The number of halogens is 1. The maximum atomic E-state index is 13.4. The summed E-state index contributed by atoms with van der Waals surface area (Å²) in [5.41, 5.74) is 8.66. The molecule has 0 atom stereocenters. The number of benzene rings is 3. The molecule has 38 heavy (non-hydrogen) atoms. The molecule has 0 unspecified atom stereocenters. The van der Waals surface area contributed by atoms with Crippen molar-refractivity contribution in [1.29, 1.82) is 0 Å². The number of amides is 1. The number of anilines is 2. The molecule has 0 aromatic heterocycles. The van der Waals surface area contributed by atoms with Gasteiger partial charge in [0.25, 0.3) is 5.91 Å². The van der Waals surface area contributed by atoms with Gasteiger partial charge in [-0.1, -0.05) is 50.6 Å². The largest absolute Gasteiger partial charge is 0.399 e. The Balaban J connectivity index is 0.000000242. The van der Waals surface area contributed by atoms with Crippen molar-refractivity contribution in [3.8, 4) is 0 Å².